The molecule has 1 rings (SSSR count). The van der Waals surface area contributed by atoms with E-state index in [-0.39, 0.29) is 11.2 Å². The topological polar surface area (TPSA) is 43.1 Å². The molecule has 0 aliphatic heterocycles. The molecule has 0 amide bonds. The summed E-state index contributed by atoms with van der Waals surface area (Å²) in [7, 11) is 0. The average molecular weight is 181 g/mol. The van der Waals surface area contributed by atoms with Crippen LogP contribution in [0.15, 0.2) is 16.8 Å². The maximum absolute atomic E-state index is 11.4. The van der Waals surface area contributed by atoms with E-state index in [1.165, 1.54) is 0 Å². The highest BCUT2D eigenvalue weighted by atomic mass is 16.5. The van der Waals surface area contributed by atoms with Crippen LogP contribution in [0.4, 0.5) is 0 Å². The monoisotopic (exact) mass is 181 g/mol. The first-order valence-corrected chi connectivity index (χ1v) is 4.39. The number of rotatable bonds is 3. The van der Waals surface area contributed by atoms with Crippen molar-refractivity contribution < 1.29 is 9.32 Å². The van der Waals surface area contributed by atoms with E-state index in [1.807, 2.05) is 20.8 Å². The molecule has 1 aromatic heterocycles. The summed E-state index contributed by atoms with van der Waals surface area (Å²) in [6.45, 7) is 6.14. The Morgan fingerprint density at radius 2 is 2.23 bits per heavy atom. The predicted molar refractivity (Wildman–Crippen MR) is 49.3 cm³/mol. The number of hydrogen-bond acceptors (Lipinski definition) is 3. The van der Waals surface area contributed by atoms with Gasteiger partial charge in [-0.1, -0.05) is 25.9 Å². The molecule has 0 saturated heterocycles. The zero-order valence-corrected chi connectivity index (χ0v) is 8.33. The highest BCUT2D eigenvalue weighted by Crippen LogP contribution is 2.19. The molecule has 0 unspecified atom stereocenters. The Kier molecular flexibility index (Phi) is 2.86. The molecule has 1 heterocycles. The molecule has 0 spiro atoms. The van der Waals surface area contributed by atoms with E-state index < -0.39 is 0 Å². The predicted octanol–water partition coefficient (Wildman–Crippen LogP) is 2.22. The maximum Gasteiger partial charge on any atom is 0.144 e. The smallest absolute Gasteiger partial charge is 0.144 e. The van der Waals surface area contributed by atoms with Crippen molar-refractivity contribution in [1.29, 1.82) is 0 Å². The van der Waals surface area contributed by atoms with Crippen molar-refractivity contribution in [2.45, 2.75) is 33.6 Å². The molecule has 1 aromatic rings. The standard InChI is InChI=1S/C10H15NO2/c1-10(2,3)7-8(12)6-9-4-5-11-13-9/h4-5H,6-7H2,1-3H3. The average Bonchev–Trinajstić information content (AvgIpc) is 2.34. The van der Waals surface area contributed by atoms with Gasteiger partial charge in [0.15, 0.2) is 0 Å². The molecule has 0 atom stereocenters. The highest BCUT2D eigenvalue weighted by molar-refractivity contribution is 5.80. The van der Waals surface area contributed by atoms with Gasteiger partial charge in [0.1, 0.15) is 11.5 Å². The third-order valence-electron chi connectivity index (χ3n) is 1.59. The van der Waals surface area contributed by atoms with E-state index in [0.29, 0.717) is 18.6 Å². The normalized spacial score (nSPS) is 11.6. The van der Waals surface area contributed by atoms with Crippen LogP contribution in [0, 0.1) is 5.41 Å². The molecule has 0 radical (unpaired) electrons. The molecular weight excluding hydrogens is 166 g/mol. The zero-order valence-electron chi connectivity index (χ0n) is 8.33. The van der Waals surface area contributed by atoms with Gasteiger partial charge in [-0.25, -0.2) is 0 Å². The lowest BCUT2D eigenvalue weighted by atomic mass is 9.89. The van der Waals surface area contributed by atoms with Crippen LogP contribution in [-0.4, -0.2) is 10.9 Å². The van der Waals surface area contributed by atoms with E-state index >= 15 is 0 Å². The third kappa shape index (κ3) is 3.87. The Labute approximate surface area is 78.1 Å². The number of ketones is 1. The Morgan fingerprint density at radius 3 is 2.69 bits per heavy atom. The summed E-state index contributed by atoms with van der Waals surface area (Å²) in [5, 5.41) is 3.54. The van der Waals surface area contributed by atoms with Crippen LogP contribution in [0.3, 0.4) is 0 Å². The van der Waals surface area contributed by atoms with Crippen molar-refractivity contribution in [3.05, 3.63) is 18.0 Å². The molecular formula is C10H15NO2. The molecule has 3 heteroatoms. The molecule has 0 aromatic carbocycles. The minimum atomic E-state index is 0.0527. The lowest BCUT2D eigenvalue weighted by molar-refractivity contribution is -0.120. The minimum absolute atomic E-state index is 0.0527. The van der Waals surface area contributed by atoms with Crippen LogP contribution in [-0.2, 0) is 11.2 Å². The van der Waals surface area contributed by atoms with Crippen molar-refractivity contribution in [1.82, 2.24) is 5.16 Å². The van der Waals surface area contributed by atoms with Gasteiger partial charge in [-0.2, -0.15) is 0 Å². The minimum Gasteiger partial charge on any atom is -0.361 e. The van der Waals surface area contributed by atoms with Gasteiger partial charge in [0.05, 0.1) is 12.6 Å². The number of Topliss-reactive ketones (excluding diaryl/α,β-unsaturated/α-hetero) is 1. The number of aromatic nitrogens is 1. The summed E-state index contributed by atoms with van der Waals surface area (Å²) < 4.78 is 4.85. The third-order valence-corrected chi connectivity index (χ3v) is 1.59. The van der Waals surface area contributed by atoms with Crippen molar-refractivity contribution in [3.8, 4) is 0 Å². The summed E-state index contributed by atoms with van der Waals surface area (Å²) in [5.41, 5.74) is 0.0527. The number of nitrogens with zero attached hydrogens (tertiary/aromatic N) is 1. The van der Waals surface area contributed by atoms with Crippen molar-refractivity contribution in [2.24, 2.45) is 5.41 Å². The SMILES string of the molecule is CC(C)(C)CC(=O)Cc1ccno1. The molecule has 0 aliphatic rings. The van der Waals surface area contributed by atoms with E-state index in [0.717, 1.165) is 0 Å². The van der Waals surface area contributed by atoms with Crippen LogP contribution in [0.2, 0.25) is 0 Å². The van der Waals surface area contributed by atoms with Crippen LogP contribution in [0.1, 0.15) is 33.0 Å². The van der Waals surface area contributed by atoms with Crippen molar-refractivity contribution in [2.75, 3.05) is 0 Å². The van der Waals surface area contributed by atoms with Gasteiger partial charge >= 0.3 is 0 Å². The van der Waals surface area contributed by atoms with Gasteiger partial charge in [-0.05, 0) is 5.41 Å². The van der Waals surface area contributed by atoms with Gasteiger partial charge in [0.2, 0.25) is 0 Å². The molecule has 0 aliphatic carbocycles. The highest BCUT2D eigenvalue weighted by Gasteiger charge is 2.16. The number of carbonyl (C=O) groups excluding carboxylic acids is 1. The molecule has 0 saturated carbocycles. The van der Waals surface area contributed by atoms with E-state index in [9.17, 15) is 4.79 Å². The van der Waals surface area contributed by atoms with Gasteiger partial charge in [0.25, 0.3) is 0 Å². The summed E-state index contributed by atoms with van der Waals surface area (Å²) >= 11 is 0. The fourth-order valence-corrected chi connectivity index (χ4v) is 1.18. The molecule has 72 valence electrons. The Bertz CT molecular complexity index is 270. The summed E-state index contributed by atoms with van der Waals surface area (Å²) in [4.78, 5) is 11.4. The van der Waals surface area contributed by atoms with Crippen LogP contribution in [0.5, 0.6) is 0 Å². The molecule has 0 fully saturated rings. The van der Waals surface area contributed by atoms with Crippen LogP contribution < -0.4 is 0 Å². The Morgan fingerprint density at radius 1 is 1.54 bits per heavy atom. The first kappa shape index (κ1) is 9.96. The van der Waals surface area contributed by atoms with Crippen LogP contribution in [0.25, 0.3) is 0 Å². The first-order valence-electron chi connectivity index (χ1n) is 4.39. The van der Waals surface area contributed by atoms with Gasteiger partial charge in [-0.15, -0.1) is 0 Å². The van der Waals surface area contributed by atoms with Gasteiger partial charge in [0, 0.05) is 12.5 Å². The van der Waals surface area contributed by atoms with E-state index in [4.69, 9.17) is 4.52 Å². The molecule has 0 bridgehead atoms. The van der Waals surface area contributed by atoms with Crippen molar-refractivity contribution >= 4 is 5.78 Å². The van der Waals surface area contributed by atoms with Crippen LogP contribution >= 0.6 is 0 Å². The number of carbonyl (C=O) groups is 1. The molecule has 3 nitrogen and oxygen atoms in total. The largest absolute Gasteiger partial charge is 0.361 e. The second kappa shape index (κ2) is 3.73. The van der Waals surface area contributed by atoms with Gasteiger partial charge < -0.3 is 4.52 Å². The summed E-state index contributed by atoms with van der Waals surface area (Å²) in [5.74, 6) is 0.846. The Balaban J connectivity index is 2.43. The first-order chi connectivity index (χ1) is 5.97. The number of hydrogen-bond donors (Lipinski definition) is 0. The van der Waals surface area contributed by atoms with Crippen molar-refractivity contribution in [3.63, 3.8) is 0 Å². The summed E-state index contributed by atoms with van der Waals surface area (Å²) in [6.07, 6.45) is 2.49. The van der Waals surface area contributed by atoms with E-state index in [2.05, 4.69) is 5.16 Å². The Hall–Kier alpha value is -1.12. The fourth-order valence-electron chi connectivity index (χ4n) is 1.18. The lowest BCUT2D eigenvalue weighted by Gasteiger charge is -2.15. The summed E-state index contributed by atoms with van der Waals surface area (Å²) in [6, 6.07) is 1.72. The zero-order chi connectivity index (χ0) is 9.90. The quantitative estimate of drug-likeness (QED) is 0.718. The molecule has 0 N–H and O–H groups in total. The van der Waals surface area contributed by atoms with E-state index in [1.54, 1.807) is 12.3 Å². The second-order valence-corrected chi connectivity index (χ2v) is 4.43. The maximum atomic E-state index is 11.4. The second-order valence-electron chi connectivity index (χ2n) is 4.43. The lowest BCUT2D eigenvalue weighted by Crippen LogP contribution is -2.14. The fraction of sp³-hybridized carbons (Fsp3) is 0.600. The molecule has 13 heavy (non-hydrogen) atoms. The van der Waals surface area contributed by atoms with Gasteiger partial charge in [-0.3, -0.25) is 4.79 Å².